The first-order chi connectivity index (χ1) is 13.8. The molecule has 0 aromatic heterocycles. The van der Waals surface area contributed by atoms with Crippen LogP contribution in [0.1, 0.15) is 26.7 Å². The molecule has 2 N–H and O–H groups in total. The minimum absolute atomic E-state index is 0.0182. The number of amides is 3. The summed E-state index contributed by atoms with van der Waals surface area (Å²) in [6.45, 7) is 4.31. The van der Waals surface area contributed by atoms with Gasteiger partial charge in [0.15, 0.2) is 0 Å². The summed E-state index contributed by atoms with van der Waals surface area (Å²) < 4.78 is 5.05. The summed E-state index contributed by atoms with van der Waals surface area (Å²) in [6, 6.07) is 6.22. The molecule has 1 saturated heterocycles. The molecular weight excluding hydrogens is 376 g/mol. The Balaban J connectivity index is 1.95. The molecule has 1 atom stereocenters. The second-order valence-corrected chi connectivity index (χ2v) is 6.80. The summed E-state index contributed by atoms with van der Waals surface area (Å²) in [4.78, 5) is 51.1. The van der Waals surface area contributed by atoms with Crippen LogP contribution in [-0.2, 0) is 23.9 Å². The molecule has 0 aliphatic carbocycles. The van der Waals surface area contributed by atoms with Crippen molar-refractivity contribution in [1.82, 2.24) is 10.2 Å². The van der Waals surface area contributed by atoms with Crippen LogP contribution < -0.4 is 15.5 Å². The lowest BCUT2D eigenvalue weighted by Gasteiger charge is -2.34. The van der Waals surface area contributed by atoms with E-state index >= 15 is 0 Å². The molecule has 0 radical (unpaired) electrons. The fraction of sp³-hybridized carbons (Fsp3) is 0.500. The zero-order valence-electron chi connectivity index (χ0n) is 17.1. The minimum atomic E-state index is -0.867. The van der Waals surface area contributed by atoms with Crippen molar-refractivity contribution in [2.45, 2.75) is 32.7 Å². The van der Waals surface area contributed by atoms with Gasteiger partial charge in [0.2, 0.25) is 17.7 Å². The normalized spacial score (nSPS) is 16.0. The predicted octanol–water partition coefficient (Wildman–Crippen LogP) is 0.752. The highest BCUT2D eigenvalue weighted by Crippen LogP contribution is 2.17. The van der Waals surface area contributed by atoms with Gasteiger partial charge in [-0.1, -0.05) is 6.92 Å². The zero-order chi connectivity index (χ0) is 21.4. The van der Waals surface area contributed by atoms with Gasteiger partial charge in [-0.3, -0.25) is 19.2 Å². The van der Waals surface area contributed by atoms with Gasteiger partial charge in [-0.2, -0.15) is 0 Å². The predicted molar refractivity (Wildman–Crippen MR) is 108 cm³/mol. The quantitative estimate of drug-likeness (QED) is 0.619. The van der Waals surface area contributed by atoms with E-state index in [2.05, 4.69) is 10.6 Å². The van der Waals surface area contributed by atoms with E-state index in [4.69, 9.17) is 4.74 Å². The number of hydrogen-bond donors (Lipinski definition) is 2. The Kier molecular flexibility index (Phi) is 7.99. The van der Waals surface area contributed by atoms with E-state index in [0.717, 1.165) is 5.69 Å². The van der Waals surface area contributed by atoms with Crippen molar-refractivity contribution in [3.05, 3.63) is 24.3 Å². The number of rotatable bonds is 8. The molecule has 3 amide bonds. The molecule has 0 saturated carbocycles. The second-order valence-electron chi connectivity index (χ2n) is 6.80. The van der Waals surface area contributed by atoms with Gasteiger partial charge in [-0.05, 0) is 30.7 Å². The van der Waals surface area contributed by atoms with Crippen molar-refractivity contribution in [3.8, 4) is 0 Å². The zero-order valence-corrected chi connectivity index (χ0v) is 17.1. The second kappa shape index (κ2) is 10.4. The maximum Gasteiger partial charge on any atom is 0.308 e. The van der Waals surface area contributed by atoms with Crippen LogP contribution in [-0.4, -0.2) is 67.9 Å². The number of nitrogens with zero attached hydrogens (tertiary/aromatic N) is 2. The average molecular weight is 404 g/mol. The lowest BCUT2D eigenvalue weighted by atomic mass is 10.1. The smallest absolute Gasteiger partial charge is 0.308 e. The standard InChI is InChI=1S/C20H28N4O5/c1-4-11-29-19(27)12-17-20(28)21-9-10-24(17)18(26)13-22-15-5-7-16(8-6-15)23(3)14(2)25/h5-8,17,22H,4,9-13H2,1-3H3,(H,21,28). The third kappa shape index (κ3) is 6.20. The molecule has 0 bridgehead atoms. The van der Waals surface area contributed by atoms with E-state index in [1.165, 1.54) is 16.7 Å². The van der Waals surface area contributed by atoms with E-state index in [-0.39, 0.29) is 37.3 Å². The summed E-state index contributed by atoms with van der Waals surface area (Å²) in [5.41, 5.74) is 1.45. The molecule has 158 valence electrons. The average Bonchev–Trinajstić information content (AvgIpc) is 2.71. The molecule has 1 heterocycles. The highest BCUT2D eigenvalue weighted by atomic mass is 16.5. The van der Waals surface area contributed by atoms with Crippen molar-refractivity contribution in [2.24, 2.45) is 0 Å². The first-order valence-corrected chi connectivity index (χ1v) is 9.64. The highest BCUT2D eigenvalue weighted by molar-refractivity contribution is 5.93. The van der Waals surface area contributed by atoms with Crippen molar-refractivity contribution in [2.75, 3.05) is 43.5 Å². The summed E-state index contributed by atoms with van der Waals surface area (Å²) in [7, 11) is 1.68. The van der Waals surface area contributed by atoms with Gasteiger partial charge in [0, 0.05) is 38.4 Å². The summed E-state index contributed by atoms with van der Waals surface area (Å²) in [5, 5.41) is 5.70. The molecule has 1 aliphatic rings. The monoisotopic (exact) mass is 404 g/mol. The lowest BCUT2D eigenvalue weighted by Crippen LogP contribution is -2.58. The number of nitrogens with one attached hydrogen (secondary N) is 2. The van der Waals surface area contributed by atoms with Gasteiger partial charge < -0.3 is 25.2 Å². The molecule has 2 rings (SSSR count). The van der Waals surface area contributed by atoms with Crippen molar-refractivity contribution in [3.63, 3.8) is 0 Å². The molecule has 9 heteroatoms. The van der Waals surface area contributed by atoms with E-state index in [1.54, 1.807) is 31.3 Å². The Labute approximate surface area is 170 Å². The minimum Gasteiger partial charge on any atom is -0.466 e. The lowest BCUT2D eigenvalue weighted by molar-refractivity contribution is -0.151. The first kappa shape index (κ1) is 22.2. The SMILES string of the molecule is CCCOC(=O)CC1C(=O)NCCN1C(=O)CNc1ccc(N(C)C(C)=O)cc1. The van der Waals surface area contributed by atoms with Crippen molar-refractivity contribution >= 4 is 35.1 Å². The molecule has 0 spiro atoms. The van der Waals surface area contributed by atoms with Gasteiger partial charge >= 0.3 is 5.97 Å². The number of benzene rings is 1. The van der Waals surface area contributed by atoms with Crippen LogP contribution in [0.4, 0.5) is 11.4 Å². The molecule has 1 fully saturated rings. The van der Waals surface area contributed by atoms with E-state index in [1.807, 2.05) is 6.92 Å². The summed E-state index contributed by atoms with van der Waals surface area (Å²) in [5.74, 6) is -1.20. The Morgan fingerprint density at radius 3 is 2.59 bits per heavy atom. The number of hydrogen-bond acceptors (Lipinski definition) is 6. The number of piperazine rings is 1. The highest BCUT2D eigenvalue weighted by Gasteiger charge is 2.34. The Bertz CT molecular complexity index is 750. The molecule has 1 aromatic rings. The fourth-order valence-corrected chi connectivity index (χ4v) is 2.91. The summed E-state index contributed by atoms with van der Waals surface area (Å²) in [6.07, 6.45) is 0.528. The topological polar surface area (TPSA) is 108 Å². The van der Waals surface area contributed by atoms with Crippen LogP contribution in [0.3, 0.4) is 0 Å². The van der Waals surface area contributed by atoms with Gasteiger partial charge in [0.05, 0.1) is 19.6 Å². The molecule has 29 heavy (non-hydrogen) atoms. The van der Waals surface area contributed by atoms with Gasteiger partial charge in [-0.25, -0.2) is 0 Å². The molecule has 9 nitrogen and oxygen atoms in total. The van der Waals surface area contributed by atoms with Crippen LogP contribution in [0.2, 0.25) is 0 Å². The first-order valence-electron chi connectivity index (χ1n) is 9.64. The fourth-order valence-electron chi connectivity index (χ4n) is 2.91. The van der Waals surface area contributed by atoms with Crippen LogP contribution in [0.25, 0.3) is 0 Å². The number of carbonyl (C=O) groups is 4. The van der Waals surface area contributed by atoms with E-state index in [0.29, 0.717) is 25.2 Å². The third-order valence-corrected chi connectivity index (χ3v) is 4.65. The third-order valence-electron chi connectivity index (χ3n) is 4.65. The Morgan fingerprint density at radius 2 is 1.97 bits per heavy atom. The Hall–Kier alpha value is -3.10. The van der Waals surface area contributed by atoms with E-state index in [9.17, 15) is 19.2 Å². The largest absolute Gasteiger partial charge is 0.466 e. The Morgan fingerprint density at radius 1 is 1.28 bits per heavy atom. The molecule has 1 aromatic carbocycles. The van der Waals surface area contributed by atoms with Crippen LogP contribution in [0.5, 0.6) is 0 Å². The molecular formula is C20H28N4O5. The van der Waals surface area contributed by atoms with Crippen LogP contribution in [0.15, 0.2) is 24.3 Å². The number of esters is 1. The number of anilines is 2. The maximum absolute atomic E-state index is 12.7. The van der Waals surface area contributed by atoms with Crippen molar-refractivity contribution < 1.29 is 23.9 Å². The number of carbonyl (C=O) groups excluding carboxylic acids is 4. The van der Waals surface area contributed by atoms with E-state index < -0.39 is 12.0 Å². The molecule has 1 aliphatic heterocycles. The maximum atomic E-state index is 12.7. The van der Waals surface area contributed by atoms with Crippen molar-refractivity contribution in [1.29, 1.82) is 0 Å². The van der Waals surface area contributed by atoms with Gasteiger partial charge in [-0.15, -0.1) is 0 Å². The van der Waals surface area contributed by atoms with Crippen LogP contribution in [0, 0.1) is 0 Å². The summed E-state index contributed by atoms with van der Waals surface area (Å²) >= 11 is 0. The van der Waals surface area contributed by atoms with Gasteiger partial charge in [0.25, 0.3) is 0 Å². The van der Waals surface area contributed by atoms with Gasteiger partial charge in [0.1, 0.15) is 6.04 Å². The van der Waals surface area contributed by atoms with Crippen LogP contribution >= 0.6 is 0 Å². The molecule has 1 unspecified atom stereocenters. The number of ether oxygens (including phenoxy) is 1.